The molecule has 0 aliphatic heterocycles. The first kappa shape index (κ1) is 30.9. The van der Waals surface area contributed by atoms with Gasteiger partial charge in [-0.3, -0.25) is 14.4 Å². The van der Waals surface area contributed by atoms with E-state index in [0.29, 0.717) is 6.42 Å². The van der Waals surface area contributed by atoms with Crippen molar-refractivity contribution in [2.75, 3.05) is 19.7 Å². The number of alkyl carbamates (subject to hydrolysis) is 2. The summed E-state index contributed by atoms with van der Waals surface area (Å²) in [6.45, 7) is 11.7. The van der Waals surface area contributed by atoms with Gasteiger partial charge in [-0.15, -0.1) is 0 Å². The number of hydrogen-bond acceptors (Lipinski definition) is 7. The number of amides is 4. The van der Waals surface area contributed by atoms with Crippen LogP contribution in [0, 0.1) is 11.8 Å². The van der Waals surface area contributed by atoms with Crippen LogP contribution in [-0.4, -0.2) is 72.5 Å². The van der Waals surface area contributed by atoms with Gasteiger partial charge in [0.2, 0.25) is 11.8 Å². The van der Waals surface area contributed by atoms with Crippen LogP contribution in [0.15, 0.2) is 0 Å². The maximum Gasteiger partial charge on any atom is 0.407 e. The molecule has 0 aromatic heterocycles. The molecule has 4 amide bonds. The number of carboxylic acids is 1. The number of aliphatic carboxylic acids is 1. The molecule has 34 heavy (non-hydrogen) atoms. The molecule has 0 aromatic carbocycles. The van der Waals surface area contributed by atoms with E-state index in [9.17, 15) is 24.0 Å². The zero-order chi connectivity index (χ0) is 26.5. The number of ether oxygens (including phenoxy) is 2. The Morgan fingerprint density at radius 1 is 0.824 bits per heavy atom. The Balaban J connectivity index is 4.89. The molecule has 0 aromatic rings. The Labute approximate surface area is 200 Å². The summed E-state index contributed by atoms with van der Waals surface area (Å²) in [5.41, 5.74) is -0.674. The number of hydrogen-bond donors (Lipinski definition) is 5. The van der Waals surface area contributed by atoms with E-state index in [1.165, 1.54) is 0 Å². The predicted molar refractivity (Wildman–Crippen MR) is 124 cm³/mol. The van der Waals surface area contributed by atoms with Crippen LogP contribution < -0.4 is 21.3 Å². The Morgan fingerprint density at radius 3 is 1.91 bits per heavy atom. The highest BCUT2D eigenvalue weighted by atomic mass is 16.6. The first-order chi connectivity index (χ1) is 15.6. The highest BCUT2D eigenvalue weighted by Gasteiger charge is 2.25. The van der Waals surface area contributed by atoms with Crippen LogP contribution in [0.5, 0.6) is 0 Å². The Bertz CT molecular complexity index is 704. The summed E-state index contributed by atoms with van der Waals surface area (Å²) in [5, 5.41) is 18.2. The van der Waals surface area contributed by atoms with Crippen LogP contribution >= 0.6 is 0 Å². The lowest BCUT2D eigenvalue weighted by Gasteiger charge is -2.25. The van der Waals surface area contributed by atoms with Gasteiger partial charge in [0.15, 0.2) is 0 Å². The molecule has 2 atom stereocenters. The van der Waals surface area contributed by atoms with Gasteiger partial charge in [0.05, 0.1) is 12.6 Å². The van der Waals surface area contributed by atoms with E-state index in [1.54, 1.807) is 20.8 Å². The number of carbonyl (C=O) groups excluding carboxylic acids is 4. The van der Waals surface area contributed by atoms with Crippen LogP contribution in [0.3, 0.4) is 0 Å². The fraction of sp³-hybridized carbons (Fsp3) is 0.773. The zero-order valence-corrected chi connectivity index (χ0v) is 21.1. The van der Waals surface area contributed by atoms with Crippen molar-refractivity contribution in [1.29, 1.82) is 0 Å². The molecule has 0 fully saturated rings. The van der Waals surface area contributed by atoms with E-state index in [1.807, 2.05) is 27.7 Å². The molecule has 0 bridgehead atoms. The average Bonchev–Trinajstić information content (AvgIpc) is 2.65. The van der Waals surface area contributed by atoms with Crippen LogP contribution in [0.25, 0.3) is 0 Å². The molecule has 12 nitrogen and oxygen atoms in total. The van der Waals surface area contributed by atoms with Gasteiger partial charge < -0.3 is 35.8 Å². The number of nitrogens with one attached hydrogen (secondary N) is 4. The lowest BCUT2D eigenvalue weighted by molar-refractivity contribution is -0.137. The van der Waals surface area contributed by atoms with Gasteiger partial charge in [0, 0.05) is 0 Å². The Kier molecular flexibility index (Phi) is 13.6. The highest BCUT2D eigenvalue weighted by Crippen LogP contribution is 2.10. The molecule has 0 unspecified atom stereocenters. The lowest BCUT2D eigenvalue weighted by atomic mass is 10.0. The van der Waals surface area contributed by atoms with Gasteiger partial charge in [-0.1, -0.05) is 27.7 Å². The molecule has 0 saturated carbocycles. The fourth-order valence-electron chi connectivity index (χ4n) is 2.80. The molecule has 12 heteroatoms. The lowest BCUT2D eigenvalue weighted by Crippen LogP contribution is -2.50. The normalized spacial score (nSPS) is 13.0. The van der Waals surface area contributed by atoms with Crippen molar-refractivity contribution >= 4 is 30.0 Å². The summed E-state index contributed by atoms with van der Waals surface area (Å²) in [6, 6.07) is -1.46. The molecular weight excluding hydrogens is 448 g/mol. The molecule has 0 spiro atoms. The predicted octanol–water partition coefficient (Wildman–Crippen LogP) is 1.38. The summed E-state index contributed by atoms with van der Waals surface area (Å²) in [4.78, 5) is 59.0. The van der Waals surface area contributed by atoms with Gasteiger partial charge in [0.25, 0.3) is 0 Å². The van der Waals surface area contributed by atoms with Crippen LogP contribution in [0.1, 0.15) is 61.3 Å². The maximum absolute atomic E-state index is 12.5. The SMILES string of the molecule is CC(C)C[C@@H](COC(=O)N[C@@H](CC(C)C)C(=O)NCC(=O)NCC(=O)O)NC(=O)OC(C)(C)C. The van der Waals surface area contributed by atoms with Gasteiger partial charge in [-0.25, -0.2) is 9.59 Å². The Morgan fingerprint density at radius 2 is 1.41 bits per heavy atom. The molecule has 5 N–H and O–H groups in total. The smallest absolute Gasteiger partial charge is 0.407 e. The molecule has 0 saturated heterocycles. The van der Waals surface area contributed by atoms with Crippen molar-refractivity contribution in [3.05, 3.63) is 0 Å². The van der Waals surface area contributed by atoms with Crippen LogP contribution in [-0.2, 0) is 23.9 Å². The maximum atomic E-state index is 12.5. The molecule has 196 valence electrons. The second-order valence-corrected chi connectivity index (χ2v) is 9.79. The first-order valence-electron chi connectivity index (χ1n) is 11.3. The molecule has 0 radical (unpaired) electrons. The molecule has 0 rings (SSSR count). The summed E-state index contributed by atoms with van der Waals surface area (Å²) in [6.07, 6.45) is -0.659. The van der Waals surface area contributed by atoms with E-state index in [-0.39, 0.29) is 24.9 Å². The second kappa shape index (κ2) is 15.0. The van der Waals surface area contributed by atoms with Crippen molar-refractivity contribution in [3.63, 3.8) is 0 Å². The van der Waals surface area contributed by atoms with E-state index in [2.05, 4.69) is 21.3 Å². The fourth-order valence-corrected chi connectivity index (χ4v) is 2.80. The molecule has 0 aliphatic carbocycles. The minimum absolute atomic E-state index is 0.0411. The third kappa shape index (κ3) is 16.6. The van der Waals surface area contributed by atoms with E-state index >= 15 is 0 Å². The first-order valence-corrected chi connectivity index (χ1v) is 11.3. The zero-order valence-electron chi connectivity index (χ0n) is 21.1. The quantitative estimate of drug-likeness (QED) is 0.259. The van der Waals surface area contributed by atoms with E-state index in [4.69, 9.17) is 14.6 Å². The average molecular weight is 489 g/mol. The largest absolute Gasteiger partial charge is 0.480 e. The third-order valence-corrected chi connectivity index (χ3v) is 4.07. The van der Waals surface area contributed by atoms with Crippen molar-refractivity contribution in [3.8, 4) is 0 Å². The van der Waals surface area contributed by atoms with E-state index < -0.39 is 60.7 Å². The standard InChI is InChI=1S/C22H40N4O8/c1-13(2)8-15(25-21(32)34-22(5,6)7)12-33-20(31)26-16(9-14(3)4)19(30)24-10-17(27)23-11-18(28)29/h13-16H,8-12H2,1-7H3,(H,23,27)(H,24,30)(H,25,32)(H,26,31)(H,28,29)/t15-,16-/m0/s1. The number of carbonyl (C=O) groups is 5. The van der Waals surface area contributed by atoms with E-state index in [0.717, 1.165) is 0 Å². The minimum Gasteiger partial charge on any atom is -0.480 e. The van der Waals surface area contributed by atoms with Crippen molar-refractivity contribution in [2.24, 2.45) is 11.8 Å². The third-order valence-electron chi connectivity index (χ3n) is 4.07. The summed E-state index contributed by atoms with van der Waals surface area (Å²) >= 11 is 0. The number of carboxylic acid groups (broad SMARTS) is 1. The van der Waals surface area contributed by atoms with Gasteiger partial charge in [-0.05, 0) is 45.4 Å². The number of rotatable bonds is 13. The Hall–Kier alpha value is -3.05. The monoisotopic (exact) mass is 488 g/mol. The van der Waals surface area contributed by atoms with Gasteiger partial charge in [0.1, 0.15) is 24.8 Å². The molecule has 0 aliphatic rings. The van der Waals surface area contributed by atoms with Gasteiger partial charge >= 0.3 is 18.2 Å². The summed E-state index contributed by atoms with van der Waals surface area (Å²) in [5.74, 6) is -2.25. The minimum atomic E-state index is -1.21. The van der Waals surface area contributed by atoms with Crippen molar-refractivity contribution in [1.82, 2.24) is 21.3 Å². The topological polar surface area (TPSA) is 172 Å². The van der Waals surface area contributed by atoms with Crippen molar-refractivity contribution < 1.29 is 38.6 Å². The second-order valence-electron chi connectivity index (χ2n) is 9.79. The van der Waals surface area contributed by atoms with Crippen molar-refractivity contribution in [2.45, 2.75) is 79.0 Å². The summed E-state index contributed by atoms with van der Waals surface area (Å²) in [7, 11) is 0. The van der Waals surface area contributed by atoms with Crippen LogP contribution in [0.4, 0.5) is 9.59 Å². The molecular formula is C22H40N4O8. The molecule has 0 heterocycles. The van der Waals surface area contributed by atoms with Gasteiger partial charge in [-0.2, -0.15) is 0 Å². The summed E-state index contributed by atoms with van der Waals surface area (Å²) < 4.78 is 10.5. The highest BCUT2D eigenvalue weighted by molar-refractivity contribution is 5.90. The van der Waals surface area contributed by atoms with Crippen LogP contribution in [0.2, 0.25) is 0 Å².